The van der Waals surface area contributed by atoms with E-state index in [2.05, 4.69) is 17.6 Å². The number of nitrogens with two attached hydrogens (primary N) is 1. The molecule has 3 amide bonds. The number of benzene rings is 1. The van der Waals surface area contributed by atoms with Gasteiger partial charge in [-0.25, -0.2) is 0 Å². The van der Waals surface area contributed by atoms with Gasteiger partial charge in [-0.3, -0.25) is 14.4 Å². The maximum absolute atomic E-state index is 12.4. The first-order valence-electron chi connectivity index (χ1n) is 9.69. The number of amides is 3. The number of phenols is 1. The van der Waals surface area contributed by atoms with E-state index in [1.165, 1.54) is 0 Å². The average Bonchev–Trinajstić information content (AvgIpc) is 2.65. The number of phenolic OH excluding ortho intramolecular Hbond substituents is 1. The molecule has 5 N–H and O–H groups in total. The van der Waals surface area contributed by atoms with E-state index in [4.69, 9.17) is 5.73 Å². The second kappa shape index (κ2) is 12.6. The van der Waals surface area contributed by atoms with Gasteiger partial charge in [0.25, 0.3) is 0 Å². The lowest BCUT2D eigenvalue weighted by molar-refractivity contribution is -0.131. The van der Waals surface area contributed by atoms with Crippen molar-refractivity contribution in [3.05, 3.63) is 24.3 Å². The van der Waals surface area contributed by atoms with Crippen LogP contribution in [0.2, 0.25) is 0 Å². The van der Waals surface area contributed by atoms with E-state index >= 15 is 0 Å². The molecule has 0 bridgehead atoms. The summed E-state index contributed by atoms with van der Waals surface area (Å²) in [5.41, 5.74) is 6.01. The Balaban J connectivity index is 2.50. The summed E-state index contributed by atoms with van der Waals surface area (Å²) in [6.45, 7) is 2.30. The number of aromatic hydroxyl groups is 1. The normalized spacial score (nSPS) is 11.5. The molecule has 0 unspecified atom stereocenters. The second-order valence-electron chi connectivity index (χ2n) is 6.87. The standard InChI is InChI=1S/C20H32N4O4/c1-3-4-5-6-7-8-19(27)23-17(13-18(21)26)20(28)22-14-24(2)15-9-11-16(25)12-10-15/h9-12,17,25H,3-8,13-14H2,1-2H3,(H2,21,26)(H,22,28)(H,23,27)/t17-/m1/s1. The zero-order valence-corrected chi connectivity index (χ0v) is 16.7. The summed E-state index contributed by atoms with van der Waals surface area (Å²) in [7, 11) is 1.77. The van der Waals surface area contributed by atoms with E-state index in [1.54, 1.807) is 36.2 Å². The van der Waals surface area contributed by atoms with Crippen molar-refractivity contribution in [1.29, 1.82) is 0 Å². The first-order valence-corrected chi connectivity index (χ1v) is 9.69. The Labute approximate surface area is 166 Å². The summed E-state index contributed by atoms with van der Waals surface area (Å²) in [5, 5.41) is 14.6. The SMILES string of the molecule is CCCCCCCC(=O)N[C@H](CC(N)=O)C(=O)NCN(C)c1ccc(O)cc1. The number of hydrogen-bond acceptors (Lipinski definition) is 5. The highest BCUT2D eigenvalue weighted by atomic mass is 16.3. The molecule has 1 atom stereocenters. The Bertz CT molecular complexity index is 634. The molecular formula is C20H32N4O4. The van der Waals surface area contributed by atoms with Crippen LogP contribution < -0.4 is 21.3 Å². The van der Waals surface area contributed by atoms with Crippen LogP contribution in [0.25, 0.3) is 0 Å². The van der Waals surface area contributed by atoms with Gasteiger partial charge in [0.05, 0.1) is 13.1 Å². The number of nitrogens with one attached hydrogen (secondary N) is 2. The van der Waals surface area contributed by atoms with Gasteiger partial charge in [0.15, 0.2) is 0 Å². The summed E-state index contributed by atoms with van der Waals surface area (Å²) in [6, 6.07) is 5.52. The molecule has 0 radical (unpaired) electrons. The summed E-state index contributed by atoms with van der Waals surface area (Å²) < 4.78 is 0. The predicted octanol–water partition coefficient (Wildman–Crippen LogP) is 1.62. The fraction of sp³-hybridized carbons (Fsp3) is 0.550. The molecule has 0 aromatic heterocycles. The fourth-order valence-electron chi connectivity index (χ4n) is 2.68. The highest BCUT2D eigenvalue weighted by molar-refractivity contribution is 5.91. The monoisotopic (exact) mass is 392 g/mol. The maximum atomic E-state index is 12.4. The highest BCUT2D eigenvalue weighted by Gasteiger charge is 2.22. The summed E-state index contributed by atoms with van der Waals surface area (Å²) in [4.78, 5) is 37.5. The molecule has 0 aliphatic rings. The van der Waals surface area contributed by atoms with E-state index in [9.17, 15) is 19.5 Å². The largest absolute Gasteiger partial charge is 0.508 e. The zero-order chi connectivity index (χ0) is 20.9. The molecule has 0 aliphatic carbocycles. The smallest absolute Gasteiger partial charge is 0.244 e. The van der Waals surface area contributed by atoms with Crippen LogP contribution in [-0.4, -0.2) is 42.6 Å². The van der Waals surface area contributed by atoms with E-state index in [1.807, 2.05) is 0 Å². The van der Waals surface area contributed by atoms with Crippen molar-refractivity contribution >= 4 is 23.4 Å². The minimum atomic E-state index is -0.992. The van der Waals surface area contributed by atoms with E-state index < -0.39 is 17.9 Å². The molecule has 0 saturated carbocycles. The predicted molar refractivity (Wildman–Crippen MR) is 109 cm³/mol. The molecule has 0 aliphatic heterocycles. The molecule has 0 fully saturated rings. The lowest BCUT2D eigenvalue weighted by Gasteiger charge is -2.22. The average molecular weight is 393 g/mol. The van der Waals surface area contributed by atoms with Crippen LogP contribution >= 0.6 is 0 Å². The van der Waals surface area contributed by atoms with Gasteiger partial charge >= 0.3 is 0 Å². The summed E-state index contributed by atoms with van der Waals surface area (Å²) in [5.74, 6) is -1.23. The zero-order valence-electron chi connectivity index (χ0n) is 16.7. The quantitative estimate of drug-likeness (QED) is 0.300. The van der Waals surface area contributed by atoms with E-state index in [0.29, 0.717) is 6.42 Å². The summed E-state index contributed by atoms with van der Waals surface area (Å²) >= 11 is 0. The number of carbonyl (C=O) groups excluding carboxylic acids is 3. The topological polar surface area (TPSA) is 125 Å². The van der Waals surface area contributed by atoms with Gasteiger partial charge in [0, 0.05) is 19.2 Å². The Hall–Kier alpha value is -2.77. The van der Waals surface area contributed by atoms with Gasteiger partial charge in [0.1, 0.15) is 11.8 Å². The molecule has 8 nitrogen and oxygen atoms in total. The third-order valence-electron chi connectivity index (χ3n) is 4.35. The third-order valence-corrected chi connectivity index (χ3v) is 4.35. The molecule has 0 saturated heterocycles. The van der Waals surface area contributed by atoms with Crippen LogP contribution in [0.1, 0.15) is 51.9 Å². The van der Waals surface area contributed by atoms with Crippen LogP contribution in [0.3, 0.4) is 0 Å². The highest BCUT2D eigenvalue weighted by Crippen LogP contribution is 2.16. The Morgan fingerprint density at radius 2 is 1.75 bits per heavy atom. The van der Waals surface area contributed by atoms with Crippen LogP contribution in [0.15, 0.2) is 24.3 Å². The molecule has 1 rings (SSSR count). The lowest BCUT2D eigenvalue weighted by Crippen LogP contribution is -2.50. The third kappa shape index (κ3) is 9.25. The molecule has 28 heavy (non-hydrogen) atoms. The van der Waals surface area contributed by atoms with Crippen LogP contribution in [-0.2, 0) is 14.4 Å². The van der Waals surface area contributed by atoms with E-state index in [-0.39, 0.29) is 24.7 Å². The fourth-order valence-corrected chi connectivity index (χ4v) is 2.68. The first-order chi connectivity index (χ1) is 13.3. The van der Waals surface area contributed by atoms with Gasteiger partial charge in [-0.05, 0) is 30.7 Å². The molecule has 156 valence electrons. The van der Waals surface area contributed by atoms with Crippen molar-refractivity contribution in [2.24, 2.45) is 5.73 Å². The van der Waals surface area contributed by atoms with Crippen molar-refractivity contribution in [3.8, 4) is 5.75 Å². The molecule has 0 heterocycles. The van der Waals surface area contributed by atoms with Gasteiger partial charge in [0.2, 0.25) is 17.7 Å². The minimum absolute atomic E-state index is 0.153. The van der Waals surface area contributed by atoms with Gasteiger partial charge in [-0.15, -0.1) is 0 Å². The molecule has 1 aromatic carbocycles. The van der Waals surface area contributed by atoms with Gasteiger partial charge in [-0.2, -0.15) is 0 Å². The lowest BCUT2D eigenvalue weighted by atomic mass is 10.1. The van der Waals surface area contributed by atoms with Crippen LogP contribution in [0.5, 0.6) is 5.75 Å². The van der Waals surface area contributed by atoms with Crippen molar-refractivity contribution < 1.29 is 19.5 Å². The molecule has 1 aromatic rings. The molecular weight excluding hydrogens is 360 g/mol. The molecule has 0 spiro atoms. The van der Waals surface area contributed by atoms with Crippen molar-refractivity contribution in [3.63, 3.8) is 0 Å². The van der Waals surface area contributed by atoms with Crippen molar-refractivity contribution in [1.82, 2.24) is 10.6 Å². The number of nitrogens with zero attached hydrogens (tertiary/aromatic N) is 1. The number of hydrogen-bond donors (Lipinski definition) is 4. The van der Waals surface area contributed by atoms with Crippen molar-refractivity contribution in [2.45, 2.75) is 57.9 Å². The Morgan fingerprint density at radius 3 is 2.36 bits per heavy atom. The summed E-state index contributed by atoms with van der Waals surface area (Å²) in [6.07, 6.45) is 5.13. The first kappa shape index (κ1) is 23.3. The Morgan fingerprint density at radius 1 is 1.11 bits per heavy atom. The van der Waals surface area contributed by atoms with Gasteiger partial charge in [-0.1, -0.05) is 32.6 Å². The second-order valence-corrected chi connectivity index (χ2v) is 6.87. The van der Waals surface area contributed by atoms with Crippen molar-refractivity contribution in [2.75, 3.05) is 18.6 Å². The number of carbonyl (C=O) groups is 3. The van der Waals surface area contributed by atoms with Crippen LogP contribution in [0.4, 0.5) is 5.69 Å². The number of unbranched alkanes of at least 4 members (excludes halogenated alkanes) is 4. The minimum Gasteiger partial charge on any atom is -0.508 e. The number of anilines is 1. The molecule has 8 heteroatoms. The number of primary amides is 1. The van der Waals surface area contributed by atoms with Crippen LogP contribution in [0, 0.1) is 0 Å². The van der Waals surface area contributed by atoms with E-state index in [0.717, 1.165) is 37.8 Å². The maximum Gasteiger partial charge on any atom is 0.244 e. The number of rotatable bonds is 13. The Kier molecular flexibility index (Phi) is 10.5. The van der Waals surface area contributed by atoms with Gasteiger partial charge < -0.3 is 26.4 Å².